The molecule has 0 fully saturated rings. The lowest BCUT2D eigenvalue weighted by Gasteiger charge is -2.00. The van der Waals surface area contributed by atoms with Crippen LogP contribution in [0, 0.1) is 0 Å². The van der Waals surface area contributed by atoms with Crippen LogP contribution < -0.4 is 4.57 Å². The Bertz CT molecular complexity index is 176. The molecule has 1 atom stereocenters. The Kier molecular flexibility index (Phi) is 2.71. The van der Waals surface area contributed by atoms with Gasteiger partial charge in [-0.05, 0) is 0 Å². The monoisotopic (exact) mass is 161 g/mol. The summed E-state index contributed by atoms with van der Waals surface area (Å²) in [6.07, 6.45) is 4.95. The van der Waals surface area contributed by atoms with E-state index in [0.717, 1.165) is 0 Å². The molecule has 0 radical (unpaired) electrons. The number of hydrogen-bond donors (Lipinski definition) is 2. The molecule has 0 saturated heterocycles. The van der Waals surface area contributed by atoms with Gasteiger partial charge in [0.2, 0.25) is 6.33 Å². The van der Waals surface area contributed by atoms with Crippen LogP contribution in [0.5, 0.6) is 0 Å². The summed E-state index contributed by atoms with van der Waals surface area (Å²) >= 11 is 5.40. The van der Waals surface area contributed by atoms with E-state index in [2.05, 4.69) is 4.98 Å². The average molecular weight is 162 g/mol. The normalized spacial score (nSPS) is 13.4. The van der Waals surface area contributed by atoms with E-state index >= 15 is 0 Å². The second kappa shape index (κ2) is 3.58. The predicted molar refractivity (Wildman–Crippen MR) is 37.7 cm³/mol. The van der Waals surface area contributed by atoms with Crippen LogP contribution in [0.1, 0.15) is 0 Å². The van der Waals surface area contributed by atoms with Crippen molar-refractivity contribution in [1.82, 2.24) is 4.98 Å². The number of imidazole rings is 1. The summed E-state index contributed by atoms with van der Waals surface area (Å²) in [6, 6.07) is 0. The first-order valence-electron chi connectivity index (χ1n) is 3.09. The molecule has 1 aromatic rings. The summed E-state index contributed by atoms with van der Waals surface area (Å²) in [7, 11) is 0. The SMILES string of the molecule is OC(CCl)C[n+]1cc[nH]c1. The Morgan fingerprint density at radius 3 is 3.00 bits per heavy atom. The summed E-state index contributed by atoms with van der Waals surface area (Å²) in [5.74, 6) is 0.276. The van der Waals surface area contributed by atoms with Gasteiger partial charge in [-0.15, -0.1) is 11.6 Å². The lowest BCUT2D eigenvalue weighted by molar-refractivity contribution is -0.701. The fourth-order valence-electron chi connectivity index (χ4n) is 0.726. The Morgan fingerprint density at radius 1 is 1.70 bits per heavy atom. The Morgan fingerprint density at radius 2 is 2.50 bits per heavy atom. The first-order valence-corrected chi connectivity index (χ1v) is 3.62. The molecule has 1 rings (SSSR count). The molecule has 0 aliphatic carbocycles. The van der Waals surface area contributed by atoms with E-state index in [-0.39, 0.29) is 5.88 Å². The number of halogens is 1. The second-order valence-electron chi connectivity index (χ2n) is 2.12. The molecule has 0 bridgehead atoms. The van der Waals surface area contributed by atoms with Gasteiger partial charge < -0.3 is 5.11 Å². The lowest BCUT2D eigenvalue weighted by atomic mass is 10.4. The standard InChI is InChI=1S/C6H9ClN2O/c7-3-6(10)4-9-2-1-8-5-9/h1-2,5-6,10H,3-4H2/p+1. The Balaban J connectivity index is 2.40. The number of aliphatic hydroxyl groups excluding tert-OH is 1. The molecule has 10 heavy (non-hydrogen) atoms. The van der Waals surface area contributed by atoms with Gasteiger partial charge in [0.05, 0.1) is 5.88 Å². The van der Waals surface area contributed by atoms with Crippen molar-refractivity contribution in [3.63, 3.8) is 0 Å². The van der Waals surface area contributed by atoms with Crippen molar-refractivity contribution in [2.45, 2.75) is 12.6 Å². The van der Waals surface area contributed by atoms with E-state index in [0.29, 0.717) is 6.54 Å². The van der Waals surface area contributed by atoms with E-state index in [1.807, 2.05) is 10.8 Å². The van der Waals surface area contributed by atoms with Crippen LogP contribution in [0.2, 0.25) is 0 Å². The van der Waals surface area contributed by atoms with Gasteiger partial charge in [0.1, 0.15) is 25.0 Å². The molecule has 1 heterocycles. The van der Waals surface area contributed by atoms with Crippen LogP contribution in [-0.4, -0.2) is 22.1 Å². The molecule has 0 saturated carbocycles. The minimum atomic E-state index is -0.456. The summed E-state index contributed by atoms with van der Waals surface area (Å²) in [5.41, 5.74) is 0. The van der Waals surface area contributed by atoms with Crippen molar-refractivity contribution >= 4 is 11.6 Å². The summed E-state index contributed by atoms with van der Waals surface area (Å²) in [5, 5.41) is 9.06. The molecule has 0 spiro atoms. The van der Waals surface area contributed by atoms with Crippen molar-refractivity contribution < 1.29 is 9.67 Å². The lowest BCUT2D eigenvalue weighted by Crippen LogP contribution is -2.38. The Hall–Kier alpha value is -0.540. The molecule has 0 aliphatic heterocycles. The van der Waals surface area contributed by atoms with Crippen molar-refractivity contribution in [3.8, 4) is 0 Å². The predicted octanol–water partition coefficient (Wildman–Crippen LogP) is -0.0981. The van der Waals surface area contributed by atoms with E-state index in [4.69, 9.17) is 16.7 Å². The van der Waals surface area contributed by atoms with Crippen molar-refractivity contribution in [1.29, 1.82) is 0 Å². The van der Waals surface area contributed by atoms with Crippen LogP contribution in [-0.2, 0) is 6.54 Å². The minimum Gasteiger partial charge on any atom is -0.388 e. The topological polar surface area (TPSA) is 39.9 Å². The fourth-order valence-corrected chi connectivity index (χ4v) is 0.824. The third kappa shape index (κ3) is 2.01. The highest BCUT2D eigenvalue weighted by molar-refractivity contribution is 6.18. The number of H-pyrrole nitrogens is 1. The van der Waals surface area contributed by atoms with Crippen LogP contribution in [0.4, 0.5) is 0 Å². The molecular formula is C6H10ClN2O+. The highest BCUT2D eigenvalue weighted by Crippen LogP contribution is 1.86. The maximum atomic E-state index is 9.06. The number of aliphatic hydroxyl groups is 1. The fraction of sp³-hybridized carbons (Fsp3) is 0.500. The van der Waals surface area contributed by atoms with Gasteiger partial charge in [-0.1, -0.05) is 0 Å². The number of aromatic amines is 1. The molecule has 0 aliphatic rings. The largest absolute Gasteiger partial charge is 0.388 e. The van der Waals surface area contributed by atoms with E-state index in [9.17, 15) is 0 Å². The number of hydrogen-bond acceptors (Lipinski definition) is 1. The van der Waals surface area contributed by atoms with Crippen LogP contribution in [0.3, 0.4) is 0 Å². The first kappa shape index (κ1) is 7.57. The summed E-state index contributed by atoms with van der Waals surface area (Å²) in [6.45, 7) is 0.549. The second-order valence-corrected chi connectivity index (χ2v) is 2.43. The van der Waals surface area contributed by atoms with Crippen LogP contribution in [0.25, 0.3) is 0 Å². The number of nitrogens with one attached hydrogen (secondary N) is 1. The molecule has 0 amide bonds. The maximum absolute atomic E-state index is 9.06. The highest BCUT2D eigenvalue weighted by atomic mass is 35.5. The molecule has 4 heteroatoms. The molecule has 3 nitrogen and oxygen atoms in total. The van der Waals surface area contributed by atoms with E-state index in [1.54, 1.807) is 12.5 Å². The molecule has 1 unspecified atom stereocenters. The van der Waals surface area contributed by atoms with Crippen LogP contribution in [0.15, 0.2) is 18.7 Å². The van der Waals surface area contributed by atoms with Crippen molar-refractivity contribution in [2.75, 3.05) is 5.88 Å². The van der Waals surface area contributed by atoms with Gasteiger partial charge in [0.25, 0.3) is 0 Å². The number of rotatable bonds is 3. The summed E-state index contributed by atoms with van der Waals surface area (Å²) < 4.78 is 1.84. The van der Waals surface area contributed by atoms with Gasteiger partial charge in [0, 0.05) is 0 Å². The molecule has 56 valence electrons. The zero-order valence-electron chi connectivity index (χ0n) is 5.50. The first-order chi connectivity index (χ1) is 4.83. The average Bonchev–Trinajstić information content (AvgIpc) is 2.40. The smallest absolute Gasteiger partial charge is 0.241 e. The highest BCUT2D eigenvalue weighted by Gasteiger charge is 2.05. The van der Waals surface area contributed by atoms with Crippen molar-refractivity contribution in [2.24, 2.45) is 0 Å². The zero-order chi connectivity index (χ0) is 7.40. The number of alkyl halides is 1. The molecule has 1 aromatic heterocycles. The van der Waals surface area contributed by atoms with Gasteiger partial charge in [-0.3, -0.25) is 4.98 Å². The van der Waals surface area contributed by atoms with Gasteiger partial charge in [-0.25, -0.2) is 4.57 Å². The van der Waals surface area contributed by atoms with Gasteiger partial charge in [0.15, 0.2) is 0 Å². The van der Waals surface area contributed by atoms with Crippen molar-refractivity contribution in [3.05, 3.63) is 18.7 Å². The third-order valence-corrected chi connectivity index (χ3v) is 1.56. The Labute approximate surface area is 64.3 Å². The van der Waals surface area contributed by atoms with E-state index in [1.165, 1.54) is 0 Å². The van der Waals surface area contributed by atoms with Gasteiger partial charge >= 0.3 is 0 Å². The molecule has 2 N–H and O–H groups in total. The quantitative estimate of drug-likeness (QED) is 0.472. The third-order valence-electron chi connectivity index (χ3n) is 1.20. The summed E-state index contributed by atoms with van der Waals surface area (Å²) in [4.78, 5) is 2.87. The van der Waals surface area contributed by atoms with Crippen LogP contribution >= 0.6 is 11.6 Å². The maximum Gasteiger partial charge on any atom is 0.241 e. The minimum absolute atomic E-state index is 0.276. The number of nitrogens with zero attached hydrogens (tertiary/aromatic N) is 1. The van der Waals surface area contributed by atoms with E-state index < -0.39 is 6.10 Å². The molecule has 0 aromatic carbocycles. The number of aromatic nitrogens is 2. The molecular weight excluding hydrogens is 152 g/mol. The van der Waals surface area contributed by atoms with Gasteiger partial charge in [-0.2, -0.15) is 0 Å². The zero-order valence-corrected chi connectivity index (χ0v) is 6.25.